The lowest BCUT2D eigenvalue weighted by molar-refractivity contribution is 0.0902. The Morgan fingerprint density at radius 1 is 1.53 bits per heavy atom. The molecule has 2 rings (SSSR count). The van der Waals surface area contributed by atoms with Crippen molar-refractivity contribution in [2.45, 2.75) is 32.3 Å². The van der Waals surface area contributed by atoms with Gasteiger partial charge >= 0.3 is 0 Å². The highest BCUT2D eigenvalue weighted by atomic mass is 16.5. The first-order valence-corrected chi connectivity index (χ1v) is 6.05. The van der Waals surface area contributed by atoms with Gasteiger partial charge in [0.1, 0.15) is 5.75 Å². The van der Waals surface area contributed by atoms with Gasteiger partial charge in [-0.1, -0.05) is 6.07 Å². The highest BCUT2D eigenvalue weighted by Crippen LogP contribution is 2.21. The molecule has 1 atom stereocenters. The second-order valence-corrected chi connectivity index (χ2v) is 4.36. The van der Waals surface area contributed by atoms with Gasteiger partial charge in [0.25, 0.3) is 0 Å². The van der Waals surface area contributed by atoms with E-state index >= 15 is 0 Å². The fourth-order valence-corrected chi connectivity index (χ4v) is 2.00. The molecule has 1 heterocycles. The van der Waals surface area contributed by atoms with Crippen LogP contribution in [-0.4, -0.2) is 19.3 Å². The summed E-state index contributed by atoms with van der Waals surface area (Å²) in [4.78, 5) is 0. The van der Waals surface area contributed by atoms with Gasteiger partial charge in [0.05, 0.1) is 24.3 Å². The van der Waals surface area contributed by atoms with Crippen LogP contribution in [0.15, 0.2) is 18.2 Å². The minimum Gasteiger partial charge on any atom is -0.493 e. The van der Waals surface area contributed by atoms with E-state index in [0.29, 0.717) is 18.3 Å². The smallest absolute Gasteiger partial charge is 0.123 e. The third kappa shape index (κ3) is 3.21. The lowest BCUT2D eigenvalue weighted by atomic mass is 10.1. The lowest BCUT2D eigenvalue weighted by Crippen LogP contribution is -2.11. The van der Waals surface area contributed by atoms with Crippen molar-refractivity contribution in [3.05, 3.63) is 29.3 Å². The summed E-state index contributed by atoms with van der Waals surface area (Å²) in [5.74, 6) is 0.807. The molecule has 1 unspecified atom stereocenters. The maximum absolute atomic E-state index is 8.83. The van der Waals surface area contributed by atoms with Crippen LogP contribution in [0.5, 0.6) is 5.75 Å². The van der Waals surface area contributed by atoms with E-state index < -0.39 is 0 Å². The van der Waals surface area contributed by atoms with E-state index in [4.69, 9.17) is 14.7 Å². The number of ether oxygens (including phenoxy) is 2. The van der Waals surface area contributed by atoms with Gasteiger partial charge in [-0.3, -0.25) is 0 Å². The minimum absolute atomic E-state index is 0.356. The first-order valence-electron chi connectivity index (χ1n) is 6.05. The molecular formula is C14H17NO2. The molecule has 1 aromatic rings. The summed E-state index contributed by atoms with van der Waals surface area (Å²) in [6.07, 6.45) is 3.58. The molecule has 3 nitrogen and oxygen atoms in total. The van der Waals surface area contributed by atoms with Crippen LogP contribution >= 0.6 is 0 Å². The molecule has 1 aliphatic rings. The fraction of sp³-hybridized carbons (Fsp3) is 0.500. The molecule has 90 valence electrons. The Labute approximate surface area is 102 Å². The molecule has 17 heavy (non-hydrogen) atoms. The van der Waals surface area contributed by atoms with E-state index in [1.807, 2.05) is 19.1 Å². The molecule has 0 saturated carbocycles. The Hall–Kier alpha value is -1.53. The van der Waals surface area contributed by atoms with Gasteiger partial charge in [0.15, 0.2) is 0 Å². The summed E-state index contributed by atoms with van der Waals surface area (Å²) >= 11 is 0. The first kappa shape index (κ1) is 11.9. The number of hydrogen-bond acceptors (Lipinski definition) is 3. The third-order valence-corrected chi connectivity index (χ3v) is 3.04. The van der Waals surface area contributed by atoms with E-state index in [0.717, 1.165) is 37.2 Å². The Bertz CT molecular complexity index is 417. The minimum atomic E-state index is 0.356. The molecule has 1 aromatic carbocycles. The Kier molecular flexibility index (Phi) is 4.00. The van der Waals surface area contributed by atoms with Gasteiger partial charge in [-0.15, -0.1) is 0 Å². The maximum Gasteiger partial charge on any atom is 0.123 e. The zero-order valence-corrected chi connectivity index (χ0v) is 10.1. The van der Waals surface area contributed by atoms with Crippen LogP contribution < -0.4 is 4.74 Å². The van der Waals surface area contributed by atoms with Crippen molar-refractivity contribution in [1.82, 2.24) is 0 Å². The standard InChI is InChI=1S/C14H17NO2/c1-11-4-5-12(10-15)9-14(11)17-8-6-13-3-2-7-16-13/h4-5,9,13H,2-3,6-8H2,1H3. The van der Waals surface area contributed by atoms with Crippen molar-refractivity contribution in [1.29, 1.82) is 5.26 Å². The van der Waals surface area contributed by atoms with Crippen LogP contribution in [0.25, 0.3) is 0 Å². The van der Waals surface area contributed by atoms with Crippen LogP contribution in [0.3, 0.4) is 0 Å². The average molecular weight is 231 g/mol. The molecule has 0 spiro atoms. The highest BCUT2D eigenvalue weighted by Gasteiger charge is 2.15. The molecule has 1 fully saturated rings. The molecule has 0 aromatic heterocycles. The van der Waals surface area contributed by atoms with Gasteiger partial charge in [-0.25, -0.2) is 0 Å². The van der Waals surface area contributed by atoms with Crippen molar-refractivity contribution in [3.8, 4) is 11.8 Å². The molecule has 0 N–H and O–H groups in total. The number of hydrogen-bond donors (Lipinski definition) is 0. The van der Waals surface area contributed by atoms with Crippen molar-refractivity contribution in [3.63, 3.8) is 0 Å². The van der Waals surface area contributed by atoms with E-state index in [1.54, 1.807) is 6.07 Å². The summed E-state index contributed by atoms with van der Waals surface area (Å²) in [6.45, 7) is 3.52. The molecule has 1 saturated heterocycles. The summed E-state index contributed by atoms with van der Waals surface area (Å²) in [5, 5.41) is 8.83. The molecule has 1 aliphatic heterocycles. The quantitative estimate of drug-likeness (QED) is 0.800. The van der Waals surface area contributed by atoms with E-state index in [1.165, 1.54) is 0 Å². The Morgan fingerprint density at radius 2 is 2.41 bits per heavy atom. The van der Waals surface area contributed by atoms with Gasteiger partial charge in [0.2, 0.25) is 0 Å². The first-order chi connectivity index (χ1) is 8.29. The zero-order chi connectivity index (χ0) is 12.1. The van der Waals surface area contributed by atoms with Crippen LogP contribution in [0.4, 0.5) is 0 Å². The fourth-order valence-electron chi connectivity index (χ4n) is 2.00. The van der Waals surface area contributed by atoms with E-state index in [-0.39, 0.29) is 0 Å². The molecule has 0 radical (unpaired) electrons. The predicted octanol–water partition coefficient (Wildman–Crippen LogP) is 2.81. The van der Waals surface area contributed by atoms with Crippen molar-refractivity contribution in [2.75, 3.05) is 13.2 Å². The molecule has 0 aliphatic carbocycles. The normalized spacial score (nSPS) is 18.9. The maximum atomic E-state index is 8.83. The second kappa shape index (κ2) is 5.70. The molecule has 0 amide bonds. The Morgan fingerprint density at radius 3 is 3.12 bits per heavy atom. The summed E-state index contributed by atoms with van der Waals surface area (Å²) < 4.78 is 11.2. The summed E-state index contributed by atoms with van der Waals surface area (Å²) in [6, 6.07) is 7.64. The van der Waals surface area contributed by atoms with E-state index in [9.17, 15) is 0 Å². The summed E-state index contributed by atoms with van der Waals surface area (Å²) in [7, 11) is 0. The number of nitrogens with zero attached hydrogens (tertiary/aromatic N) is 1. The highest BCUT2D eigenvalue weighted by molar-refractivity contribution is 5.41. The number of aryl methyl sites for hydroxylation is 1. The van der Waals surface area contributed by atoms with E-state index in [2.05, 4.69) is 6.07 Å². The van der Waals surface area contributed by atoms with Crippen LogP contribution in [-0.2, 0) is 4.74 Å². The van der Waals surface area contributed by atoms with Gasteiger partial charge < -0.3 is 9.47 Å². The number of rotatable bonds is 4. The Balaban J connectivity index is 1.87. The van der Waals surface area contributed by atoms with Gasteiger partial charge in [-0.2, -0.15) is 5.26 Å². The molecule has 3 heteroatoms. The average Bonchev–Trinajstić information content (AvgIpc) is 2.84. The number of benzene rings is 1. The van der Waals surface area contributed by atoms with Gasteiger partial charge in [-0.05, 0) is 37.5 Å². The molecular weight excluding hydrogens is 214 g/mol. The SMILES string of the molecule is Cc1ccc(C#N)cc1OCCC1CCCO1. The number of nitriles is 1. The van der Waals surface area contributed by atoms with Crippen molar-refractivity contribution >= 4 is 0 Å². The lowest BCUT2D eigenvalue weighted by Gasteiger charge is -2.12. The van der Waals surface area contributed by atoms with Crippen LogP contribution in [0.1, 0.15) is 30.4 Å². The zero-order valence-electron chi connectivity index (χ0n) is 10.1. The molecule has 0 bridgehead atoms. The third-order valence-electron chi connectivity index (χ3n) is 3.04. The van der Waals surface area contributed by atoms with Crippen LogP contribution in [0, 0.1) is 18.3 Å². The van der Waals surface area contributed by atoms with Crippen LogP contribution in [0.2, 0.25) is 0 Å². The monoisotopic (exact) mass is 231 g/mol. The predicted molar refractivity (Wildman–Crippen MR) is 65.0 cm³/mol. The van der Waals surface area contributed by atoms with Gasteiger partial charge in [0, 0.05) is 13.0 Å². The second-order valence-electron chi connectivity index (χ2n) is 4.36. The van der Waals surface area contributed by atoms with Crippen molar-refractivity contribution < 1.29 is 9.47 Å². The van der Waals surface area contributed by atoms with Crippen molar-refractivity contribution in [2.24, 2.45) is 0 Å². The topological polar surface area (TPSA) is 42.2 Å². The summed E-state index contributed by atoms with van der Waals surface area (Å²) in [5.41, 5.74) is 1.71. The largest absolute Gasteiger partial charge is 0.493 e.